The van der Waals surface area contributed by atoms with Crippen molar-refractivity contribution in [1.82, 2.24) is 0 Å². The molecule has 2 nitrogen and oxygen atoms in total. The van der Waals surface area contributed by atoms with Gasteiger partial charge in [0.15, 0.2) is 0 Å². The number of piperidine rings is 1. The van der Waals surface area contributed by atoms with Gasteiger partial charge in [-0.15, -0.1) is 0 Å². The molecule has 0 bridgehead atoms. The van der Waals surface area contributed by atoms with Crippen LogP contribution in [0.25, 0.3) is 0 Å². The zero-order chi connectivity index (χ0) is 14.2. The van der Waals surface area contributed by atoms with Crippen LogP contribution in [-0.4, -0.2) is 19.1 Å². The van der Waals surface area contributed by atoms with Crippen molar-refractivity contribution in [3.05, 3.63) is 28.2 Å². The first kappa shape index (κ1) is 14.7. The average Bonchev–Trinajstić information content (AvgIpc) is 2.31. The molecule has 1 heterocycles. The fraction of sp³-hybridized carbons (Fsp3) is 0.538. The molecule has 2 unspecified atom stereocenters. The number of hydrogen-bond acceptors (Lipinski definition) is 2. The number of rotatable bonds is 1. The van der Waals surface area contributed by atoms with Gasteiger partial charge in [-0.1, -0.05) is 6.92 Å². The van der Waals surface area contributed by atoms with Gasteiger partial charge >= 0.3 is 6.18 Å². The Bertz CT molecular complexity index is 462. The summed E-state index contributed by atoms with van der Waals surface area (Å²) in [5, 5.41) is 0. The van der Waals surface area contributed by atoms with E-state index in [1.807, 2.05) is 0 Å². The van der Waals surface area contributed by atoms with Gasteiger partial charge in [-0.05, 0) is 46.5 Å². The van der Waals surface area contributed by atoms with E-state index in [2.05, 4.69) is 27.8 Å². The lowest BCUT2D eigenvalue weighted by Gasteiger charge is -2.37. The van der Waals surface area contributed by atoms with Gasteiger partial charge < -0.3 is 10.6 Å². The predicted octanol–water partition coefficient (Wildman–Crippen LogP) is 3.64. The third-order valence-electron chi connectivity index (χ3n) is 3.59. The molecular formula is C13H16BrF3N2. The van der Waals surface area contributed by atoms with Gasteiger partial charge in [-0.25, -0.2) is 0 Å². The van der Waals surface area contributed by atoms with E-state index in [0.29, 0.717) is 10.4 Å². The van der Waals surface area contributed by atoms with E-state index in [1.165, 1.54) is 6.07 Å². The lowest BCUT2D eigenvalue weighted by Crippen LogP contribution is -2.46. The molecule has 1 aliphatic heterocycles. The van der Waals surface area contributed by atoms with E-state index in [-0.39, 0.29) is 6.04 Å². The topological polar surface area (TPSA) is 29.3 Å². The molecule has 6 heteroatoms. The molecule has 2 atom stereocenters. The Morgan fingerprint density at radius 2 is 2.05 bits per heavy atom. The molecule has 0 aromatic heterocycles. The molecule has 0 saturated carbocycles. The van der Waals surface area contributed by atoms with Crippen LogP contribution in [0.2, 0.25) is 0 Å². The molecule has 19 heavy (non-hydrogen) atoms. The third kappa shape index (κ3) is 3.23. The minimum Gasteiger partial charge on any atom is -0.370 e. The van der Waals surface area contributed by atoms with Gasteiger partial charge in [0.25, 0.3) is 0 Å². The van der Waals surface area contributed by atoms with Crippen LogP contribution >= 0.6 is 15.9 Å². The van der Waals surface area contributed by atoms with Crippen molar-refractivity contribution in [2.45, 2.75) is 25.6 Å². The van der Waals surface area contributed by atoms with E-state index in [0.717, 1.165) is 37.3 Å². The number of nitrogens with zero attached hydrogens (tertiary/aromatic N) is 1. The van der Waals surface area contributed by atoms with Gasteiger partial charge in [0, 0.05) is 23.6 Å². The highest BCUT2D eigenvalue weighted by atomic mass is 79.9. The molecule has 2 rings (SSSR count). The van der Waals surface area contributed by atoms with E-state index < -0.39 is 11.7 Å². The molecule has 1 aliphatic rings. The van der Waals surface area contributed by atoms with Crippen LogP contribution in [0.3, 0.4) is 0 Å². The molecule has 1 aromatic rings. The minimum atomic E-state index is -4.31. The maximum absolute atomic E-state index is 12.6. The highest BCUT2D eigenvalue weighted by Crippen LogP contribution is 2.36. The molecule has 1 saturated heterocycles. The Labute approximate surface area is 118 Å². The van der Waals surface area contributed by atoms with Crippen LogP contribution < -0.4 is 10.6 Å². The van der Waals surface area contributed by atoms with Gasteiger partial charge in [-0.3, -0.25) is 0 Å². The molecule has 106 valence electrons. The van der Waals surface area contributed by atoms with Crippen LogP contribution in [0.1, 0.15) is 18.9 Å². The molecule has 0 amide bonds. The van der Waals surface area contributed by atoms with E-state index in [1.54, 1.807) is 0 Å². The number of nitrogens with two attached hydrogens (primary N) is 1. The smallest absolute Gasteiger partial charge is 0.370 e. The van der Waals surface area contributed by atoms with E-state index in [4.69, 9.17) is 5.73 Å². The number of benzene rings is 1. The van der Waals surface area contributed by atoms with E-state index >= 15 is 0 Å². The SMILES string of the molecule is CC1CN(c2ccc(C(F)(F)F)cc2Br)CCC1N. The monoisotopic (exact) mass is 336 g/mol. The number of hydrogen-bond donors (Lipinski definition) is 1. The summed E-state index contributed by atoms with van der Waals surface area (Å²) in [6.07, 6.45) is -3.45. The zero-order valence-electron chi connectivity index (χ0n) is 10.5. The Balaban J connectivity index is 2.22. The lowest BCUT2D eigenvalue weighted by molar-refractivity contribution is -0.137. The Kier molecular flexibility index (Phi) is 4.11. The maximum atomic E-state index is 12.6. The van der Waals surface area contributed by atoms with Crippen LogP contribution in [-0.2, 0) is 6.18 Å². The van der Waals surface area contributed by atoms with Crippen LogP contribution in [0.15, 0.2) is 22.7 Å². The third-order valence-corrected chi connectivity index (χ3v) is 4.22. The summed E-state index contributed by atoms with van der Waals surface area (Å²) in [5.74, 6) is 0.336. The van der Waals surface area contributed by atoms with Gasteiger partial charge in [-0.2, -0.15) is 13.2 Å². The molecule has 0 aliphatic carbocycles. The maximum Gasteiger partial charge on any atom is 0.416 e. The normalized spacial score (nSPS) is 24.6. The van der Waals surface area contributed by atoms with Crippen LogP contribution in [0, 0.1) is 5.92 Å². The van der Waals surface area contributed by atoms with Crippen molar-refractivity contribution >= 4 is 21.6 Å². The van der Waals surface area contributed by atoms with Crippen LogP contribution in [0.5, 0.6) is 0 Å². The van der Waals surface area contributed by atoms with Crippen molar-refractivity contribution in [1.29, 1.82) is 0 Å². The molecular weight excluding hydrogens is 321 g/mol. The van der Waals surface area contributed by atoms with Crippen LogP contribution in [0.4, 0.5) is 18.9 Å². The number of anilines is 1. The molecule has 2 N–H and O–H groups in total. The quantitative estimate of drug-likeness (QED) is 0.848. The van der Waals surface area contributed by atoms with Crippen molar-refractivity contribution in [3.8, 4) is 0 Å². The molecule has 0 spiro atoms. The van der Waals surface area contributed by atoms with E-state index in [9.17, 15) is 13.2 Å². The van der Waals surface area contributed by atoms with Gasteiger partial charge in [0.2, 0.25) is 0 Å². The predicted molar refractivity (Wildman–Crippen MR) is 73.1 cm³/mol. The first-order valence-electron chi connectivity index (χ1n) is 6.16. The summed E-state index contributed by atoms with van der Waals surface area (Å²) in [7, 11) is 0. The summed E-state index contributed by atoms with van der Waals surface area (Å²) in [5.41, 5.74) is 6.11. The number of halogens is 4. The Morgan fingerprint density at radius 1 is 1.37 bits per heavy atom. The second-order valence-corrected chi connectivity index (χ2v) is 5.89. The molecule has 0 radical (unpaired) electrons. The number of alkyl halides is 3. The highest BCUT2D eigenvalue weighted by Gasteiger charge is 2.31. The summed E-state index contributed by atoms with van der Waals surface area (Å²) in [6.45, 7) is 3.61. The summed E-state index contributed by atoms with van der Waals surface area (Å²) < 4.78 is 38.3. The van der Waals surface area contributed by atoms with Gasteiger partial charge in [0.05, 0.1) is 11.3 Å². The largest absolute Gasteiger partial charge is 0.416 e. The second kappa shape index (κ2) is 5.32. The van der Waals surface area contributed by atoms with Crippen molar-refractivity contribution in [2.24, 2.45) is 11.7 Å². The summed E-state index contributed by atoms with van der Waals surface area (Å²) in [4.78, 5) is 2.08. The minimum absolute atomic E-state index is 0.171. The lowest BCUT2D eigenvalue weighted by atomic mass is 9.94. The fourth-order valence-corrected chi connectivity index (χ4v) is 2.95. The zero-order valence-corrected chi connectivity index (χ0v) is 12.1. The van der Waals surface area contributed by atoms with Crippen molar-refractivity contribution in [2.75, 3.05) is 18.0 Å². The molecule has 1 fully saturated rings. The standard InChI is InChI=1S/C13H16BrF3N2/c1-8-7-19(5-4-11(8)18)12-3-2-9(6-10(12)14)13(15,16)17/h2-3,6,8,11H,4-5,7,18H2,1H3. The first-order chi connectivity index (χ1) is 8.79. The van der Waals surface area contributed by atoms with Crippen molar-refractivity contribution < 1.29 is 13.2 Å². The molecule has 1 aromatic carbocycles. The first-order valence-corrected chi connectivity index (χ1v) is 6.95. The second-order valence-electron chi connectivity index (χ2n) is 5.04. The Morgan fingerprint density at radius 3 is 2.58 bits per heavy atom. The summed E-state index contributed by atoms with van der Waals surface area (Å²) in [6, 6.07) is 3.95. The van der Waals surface area contributed by atoms with Crippen molar-refractivity contribution in [3.63, 3.8) is 0 Å². The summed E-state index contributed by atoms with van der Waals surface area (Å²) >= 11 is 3.24. The highest BCUT2D eigenvalue weighted by molar-refractivity contribution is 9.10. The fourth-order valence-electron chi connectivity index (χ4n) is 2.32. The van der Waals surface area contributed by atoms with Gasteiger partial charge in [0.1, 0.15) is 0 Å². The Hall–Kier alpha value is -0.750. The average molecular weight is 337 g/mol.